The van der Waals surface area contributed by atoms with E-state index in [1.165, 1.54) is 0 Å². The van der Waals surface area contributed by atoms with Crippen molar-refractivity contribution in [3.8, 4) is 0 Å². The molecule has 0 radical (unpaired) electrons. The molecule has 0 aromatic carbocycles. The molecular weight excluding hydrogens is 228 g/mol. The van der Waals surface area contributed by atoms with Gasteiger partial charge in [0.2, 0.25) is 0 Å². The first-order chi connectivity index (χ1) is 7.22. The van der Waals surface area contributed by atoms with Crippen LogP contribution < -0.4 is 0 Å². The van der Waals surface area contributed by atoms with Crippen LogP contribution in [0.25, 0.3) is 0 Å². The second-order valence-corrected chi connectivity index (χ2v) is 4.15. The fourth-order valence-corrected chi connectivity index (χ4v) is 2.38. The van der Waals surface area contributed by atoms with Crippen LogP contribution in [0.1, 0.15) is 0 Å². The topological polar surface area (TPSA) is 100 Å². The number of hydrogen-bond acceptors (Lipinski definition) is 8. The highest BCUT2D eigenvalue weighted by Gasteiger charge is 2.50. The summed E-state index contributed by atoms with van der Waals surface area (Å²) in [7, 11) is 0. The van der Waals surface area contributed by atoms with Gasteiger partial charge >= 0.3 is 0 Å². The molecule has 2 heterocycles. The van der Waals surface area contributed by atoms with E-state index in [1.807, 2.05) is 0 Å². The summed E-state index contributed by atoms with van der Waals surface area (Å²) in [5.41, 5.74) is 0. The lowest BCUT2D eigenvalue weighted by molar-refractivity contribution is -0.769. The van der Waals surface area contributed by atoms with Crippen LogP contribution in [0.15, 0.2) is 4.58 Å². The molecule has 2 rings (SSSR count). The summed E-state index contributed by atoms with van der Waals surface area (Å²) >= 11 is 0.830. The minimum atomic E-state index is -0.863. The van der Waals surface area contributed by atoms with Crippen molar-refractivity contribution < 1.29 is 19.4 Å². The molecule has 0 spiro atoms. The second kappa shape index (κ2) is 4.29. The fourth-order valence-electron chi connectivity index (χ4n) is 1.78. The Morgan fingerprint density at radius 1 is 1.40 bits per heavy atom. The molecule has 0 saturated carbocycles. The fraction of sp³-hybridized carbons (Fsp3) is 1.00. The van der Waals surface area contributed by atoms with Gasteiger partial charge in [0.25, 0.3) is 5.09 Å². The summed E-state index contributed by atoms with van der Waals surface area (Å²) in [6.45, 7) is 0.398. The van der Waals surface area contributed by atoms with Crippen molar-refractivity contribution in [2.75, 3.05) is 13.2 Å². The van der Waals surface area contributed by atoms with Gasteiger partial charge in [0.1, 0.15) is 12.2 Å². The first-order valence-corrected chi connectivity index (χ1v) is 5.09. The Morgan fingerprint density at radius 2 is 2.13 bits per heavy atom. The van der Waals surface area contributed by atoms with Crippen molar-refractivity contribution in [3.05, 3.63) is 15.0 Å². The molecule has 8 nitrogen and oxygen atoms in total. The predicted molar refractivity (Wildman–Crippen MR) is 48.5 cm³/mol. The summed E-state index contributed by atoms with van der Waals surface area (Å²) in [5.74, 6) is 0. The van der Waals surface area contributed by atoms with Gasteiger partial charge in [0, 0.05) is 16.5 Å². The molecule has 2 aliphatic heterocycles. The van der Waals surface area contributed by atoms with Gasteiger partial charge in [0.05, 0.1) is 18.5 Å². The van der Waals surface area contributed by atoms with Crippen LogP contribution in [-0.4, -0.2) is 41.9 Å². The van der Waals surface area contributed by atoms with Crippen LogP contribution in [0, 0.1) is 15.0 Å². The first-order valence-electron chi connectivity index (χ1n) is 4.25. The maximum Gasteiger partial charge on any atom is 0.294 e. The summed E-state index contributed by atoms with van der Waals surface area (Å²) in [6.07, 6.45) is -1.53. The number of nitrogens with zero attached hydrogens (tertiary/aromatic N) is 2. The minimum Gasteiger partial charge on any atom is -0.372 e. The SMILES string of the molecule is O=NSC1CO[C@@H]2C(O[N+](=O)[O-])CO[C@H]12. The number of ether oxygens (including phenoxy) is 2. The zero-order valence-electron chi connectivity index (χ0n) is 7.48. The lowest BCUT2D eigenvalue weighted by Crippen LogP contribution is -2.33. The zero-order chi connectivity index (χ0) is 10.8. The lowest BCUT2D eigenvalue weighted by Gasteiger charge is -2.13. The third kappa shape index (κ3) is 2.03. The van der Waals surface area contributed by atoms with Crippen molar-refractivity contribution in [1.29, 1.82) is 0 Å². The molecule has 0 N–H and O–H groups in total. The van der Waals surface area contributed by atoms with Crippen molar-refractivity contribution in [2.45, 2.75) is 23.6 Å². The maximum atomic E-state index is 10.1. The molecule has 0 bridgehead atoms. The smallest absolute Gasteiger partial charge is 0.294 e. The Kier molecular flexibility index (Phi) is 3.03. The van der Waals surface area contributed by atoms with Crippen LogP contribution in [0.4, 0.5) is 0 Å². The number of hydrogen-bond donors (Lipinski definition) is 0. The van der Waals surface area contributed by atoms with Gasteiger partial charge in [-0.1, -0.05) is 0 Å². The van der Waals surface area contributed by atoms with Crippen molar-refractivity contribution >= 4 is 11.9 Å². The highest BCUT2D eigenvalue weighted by Crippen LogP contribution is 2.35. The Labute approximate surface area is 88.5 Å². The minimum absolute atomic E-state index is 0.103. The lowest BCUT2D eigenvalue weighted by atomic mass is 10.1. The molecular formula is C6H8N2O6S. The molecule has 9 heteroatoms. The molecule has 2 saturated heterocycles. The average molecular weight is 236 g/mol. The summed E-state index contributed by atoms with van der Waals surface area (Å²) in [5, 5.41) is 9.09. The zero-order valence-corrected chi connectivity index (χ0v) is 8.29. The third-order valence-electron chi connectivity index (χ3n) is 2.36. The normalized spacial score (nSPS) is 38.7. The first kappa shape index (κ1) is 10.6. The molecule has 2 fully saturated rings. The molecule has 0 aromatic heterocycles. The van der Waals surface area contributed by atoms with Gasteiger partial charge in [-0.2, -0.15) is 0 Å². The molecule has 15 heavy (non-hydrogen) atoms. The van der Waals surface area contributed by atoms with Crippen molar-refractivity contribution in [2.24, 2.45) is 4.58 Å². The van der Waals surface area contributed by atoms with E-state index < -0.39 is 17.3 Å². The van der Waals surface area contributed by atoms with Gasteiger partial charge in [-0.15, -0.1) is 15.0 Å². The predicted octanol–water partition coefficient (Wildman–Crippen LogP) is 0.144. The van der Waals surface area contributed by atoms with Crippen molar-refractivity contribution in [3.63, 3.8) is 0 Å². The van der Waals surface area contributed by atoms with Crippen LogP contribution in [0.5, 0.6) is 0 Å². The van der Waals surface area contributed by atoms with E-state index in [2.05, 4.69) is 9.42 Å². The van der Waals surface area contributed by atoms with Gasteiger partial charge in [-0.25, -0.2) is 0 Å². The number of fused-ring (bicyclic) bond motifs is 1. The van der Waals surface area contributed by atoms with Gasteiger partial charge in [0.15, 0.2) is 6.10 Å². The van der Waals surface area contributed by atoms with Crippen LogP contribution in [0.3, 0.4) is 0 Å². The number of rotatable bonds is 4. The largest absolute Gasteiger partial charge is 0.372 e. The van der Waals surface area contributed by atoms with E-state index in [0.717, 1.165) is 11.9 Å². The average Bonchev–Trinajstić information content (AvgIpc) is 2.71. The molecule has 0 aromatic rings. The molecule has 84 valence electrons. The maximum absolute atomic E-state index is 10.1. The second-order valence-electron chi connectivity index (χ2n) is 3.18. The standard InChI is InChI=1S/C6H8N2O6S/c9-7-15-4-2-13-5-3(14-8(10)11)1-12-6(4)5/h3-6H,1-2H2/t3?,4?,5-,6-/m1/s1. The van der Waals surface area contributed by atoms with Gasteiger partial charge in [-0.3, -0.25) is 0 Å². The van der Waals surface area contributed by atoms with Gasteiger partial charge in [-0.05, 0) is 0 Å². The Bertz CT molecular complexity index is 276. The van der Waals surface area contributed by atoms with E-state index in [9.17, 15) is 15.0 Å². The monoisotopic (exact) mass is 236 g/mol. The Morgan fingerprint density at radius 3 is 2.80 bits per heavy atom. The molecule has 2 unspecified atom stereocenters. The molecule has 2 aliphatic rings. The van der Waals surface area contributed by atoms with Crippen LogP contribution in [-0.2, 0) is 14.3 Å². The van der Waals surface area contributed by atoms with E-state index >= 15 is 0 Å². The molecule has 4 atom stereocenters. The number of nitroso groups, excluding NO2 is 1. The van der Waals surface area contributed by atoms with E-state index in [4.69, 9.17) is 9.47 Å². The van der Waals surface area contributed by atoms with Crippen LogP contribution in [0.2, 0.25) is 0 Å². The van der Waals surface area contributed by atoms with E-state index in [0.29, 0.717) is 6.61 Å². The molecule has 0 amide bonds. The summed E-state index contributed by atoms with van der Waals surface area (Å²) in [4.78, 5) is 24.6. The summed E-state index contributed by atoms with van der Waals surface area (Å²) in [6, 6.07) is 0. The highest BCUT2D eigenvalue weighted by molar-refractivity contribution is 7.98. The van der Waals surface area contributed by atoms with E-state index in [-0.39, 0.29) is 18.0 Å². The highest BCUT2D eigenvalue weighted by atomic mass is 32.2. The van der Waals surface area contributed by atoms with Gasteiger partial charge < -0.3 is 14.3 Å². The summed E-state index contributed by atoms with van der Waals surface area (Å²) < 4.78 is 13.3. The van der Waals surface area contributed by atoms with E-state index in [1.54, 1.807) is 0 Å². The quantitative estimate of drug-likeness (QED) is 0.296. The third-order valence-corrected chi connectivity index (χ3v) is 3.12. The molecule has 0 aliphatic carbocycles. The van der Waals surface area contributed by atoms with Crippen molar-refractivity contribution in [1.82, 2.24) is 0 Å². The Balaban J connectivity index is 1.95. The van der Waals surface area contributed by atoms with Crippen LogP contribution >= 0.6 is 11.9 Å². The Hall–Kier alpha value is -0.930.